The molecule has 0 saturated carbocycles. The summed E-state index contributed by atoms with van der Waals surface area (Å²) in [6, 6.07) is 12.8. The van der Waals surface area contributed by atoms with E-state index in [1.165, 1.54) is 18.7 Å². The molecule has 1 unspecified atom stereocenters. The Morgan fingerprint density at radius 3 is 2.53 bits per heavy atom. The van der Waals surface area contributed by atoms with Crippen LogP contribution < -0.4 is 20.1 Å². The summed E-state index contributed by atoms with van der Waals surface area (Å²) in [4.78, 5) is 23.9. The van der Waals surface area contributed by atoms with E-state index in [-0.39, 0.29) is 23.7 Å². The maximum atomic E-state index is 12.5. The number of nitrogens with zero attached hydrogens (tertiary/aromatic N) is 3. The lowest BCUT2D eigenvalue weighted by atomic mass is 10.2. The second kappa shape index (κ2) is 11.6. The predicted molar refractivity (Wildman–Crippen MR) is 133 cm³/mol. The Bertz CT molecular complexity index is 1160. The Labute approximate surface area is 203 Å². The number of carbonyl (C=O) groups is 2. The minimum absolute atomic E-state index is 0.156. The van der Waals surface area contributed by atoms with Crippen LogP contribution in [0.25, 0.3) is 0 Å². The van der Waals surface area contributed by atoms with Crippen molar-refractivity contribution < 1.29 is 19.1 Å². The fraction of sp³-hybridized carbons (Fsp3) is 0.333. The number of hydrogen-bond acceptors (Lipinski definition) is 7. The van der Waals surface area contributed by atoms with E-state index in [1.807, 2.05) is 55.7 Å². The molecule has 2 amide bonds. The van der Waals surface area contributed by atoms with Gasteiger partial charge in [-0.15, -0.1) is 10.2 Å². The van der Waals surface area contributed by atoms with E-state index in [1.54, 1.807) is 19.2 Å². The summed E-state index contributed by atoms with van der Waals surface area (Å²) >= 11 is 1.30. The van der Waals surface area contributed by atoms with Crippen molar-refractivity contribution in [2.75, 3.05) is 23.5 Å². The van der Waals surface area contributed by atoms with Gasteiger partial charge in [-0.1, -0.05) is 30.0 Å². The lowest BCUT2D eigenvalue weighted by molar-refractivity contribution is -0.114. The van der Waals surface area contributed by atoms with Crippen molar-refractivity contribution in [3.63, 3.8) is 0 Å². The van der Waals surface area contributed by atoms with Gasteiger partial charge in [0.15, 0.2) is 28.6 Å². The number of anilines is 2. The summed E-state index contributed by atoms with van der Waals surface area (Å²) in [5, 5.41) is 14.8. The quantitative estimate of drug-likeness (QED) is 0.410. The van der Waals surface area contributed by atoms with Gasteiger partial charge in [0.25, 0.3) is 0 Å². The van der Waals surface area contributed by atoms with E-state index in [0.29, 0.717) is 40.4 Å². The maximum Gasteiger partial charge on any atom is 0.234 e. The number of carbonyl (C=O) groups excluding carboxylic acids is 2. The van der Waals surface area contributed by atoms with Crippen LogP contribution in [0.2, 0.25) is 0 Å². The molecule has 1 atom stereocenters. The van der Waals surface area contributed by atoms with Gasteiger partial charge < -0.3 is 24.7 Å². The van der Waals surface area contributed by atoms with Crippen LogP contribution in [-0.4, -0.2) is 39.4 Å². The molecule has 0 aliphatic heterocycles. The minimum atomic E-state index is -0.369. The normalized spacial score (nSPS) is 11.6. The second-order valence-electron chi connectivity index (χ2n) is 7.54. The third kappa shape index (κ3) is 6.28. The molecule has 0 spiro atoms. The van der Waals surface area contributed by atoms with Crippen LogP contribution in [0.5, 0.6) is 11.5 Å². The van der Waals surface area contributed by atoms with E-state index in [4.69, 9.17) is 9.47 Å². The van der Waals surface area contributed by atoms with Gasteiger partial charge in [0.1, 0.15) is 0 Å². The highest BCUT2D eigenvalue weighted by Crippen LogP contribution is 2.31. The highest BCUT2D eigenvalue weighted by atomic mass is 32.2. The summed E-state index contributed by atoms with van der Waals surface area (Å²) in [6.07, 6.45) is -0.369. The summed E-state index contributed by atoms with van der Waals surface area (Å²) in [7, 11) is 1.60. The molecular formula is C24H29N5O4S. The highest BCUT2D eigenvalue weighted by Gasteiger charge is 2.20. The molecular weight excluding hydrogens is 454 g/mol. The van der Waals surface area contributed by atoms with Crippen molar-refractivity contribution in [1.29, 1.82) is 0 Å². The third-order valence-corrected chi connectivity index (χ3v) is 5.93. The first-order valence-corrected chi connectivity index (χ1v) is 11.8. The number of benzene rings is 2. The standard InChI is InChI=1S/C24H29N5O4S/c1-6-29-23(16(3)33-21-10-8-7-9-20(21)32-5)27-28-24(29)34-14-22(31)26-18-12-11-15(2)19(13-18)25-17(4)30/h7-13,16H,6,14H2,1-5H3,(H,25,30)(H,26,31). The second-order valence-corrected chi connectivity index (χ2v) is 8.49. The molecule has 2 N–H and O–H groups in total. The van der Waals surface area contributed by atoms with Crippen LogP contribution in [0, 0.1) is 6.92 Å². The van der Waals surface area contributed by atoms with Crippen LogP contribution in [0.15, 0.2) is 47.6 Å². The average molecular weight is 484 g/mol. The largest absolute Gasteiger partial charge is 0.493 e. The zero-order valence-electron chi connectivity index (χ0n) is 19.9. The Kier molecular flexibility index (Phi) is 8.53. The van der Waals surface area contributed by atoms with Gasteiger partial charge in [-0.25, -0.2) is 0 Å². The zero-order valence-corrected chi connectivity index (χ0v) is 20.7. The van der Waals surface area contributed by atoms with Gasteiger partial charge in [0, 0.05) is 24.8 Å². The molecule has 10 heteroatoms. The Balaban J connectivity index is 1.64. The van der Waals surface area contributed by atoms with Crippen molar-refractivity contribution in [1.82, 2.24) is 14.8 Å². The molecule has 0 aliphatic rings. The first-order chi connectivity index (χ1) is 16.3. The van der Waals surface area contributed by atoms with Gasteiger partial charge in [-0.2, -0.15) is 0 Å². The molecule has 1 aromatic heterocycles. The molecule has 9 nitrogen and oxygen atoms in total. The summed E-state index contributed by atoms with van der Waals surface area (Å²) in [5.74, 6) is 1.72. The lowest BCUT2D eigenvalue weighted by Crippen LogP contribution is -2.16. The number of thioether (sulfide) groups is 1. The Morgan fingerprint density at radius 2 is 1.85 bits per heavy atom. The maximum absolute atomic E-state index is 12.5. The van der Waals surface area contributed by atoms with E-state index >= 15 is 0 Å². The minimum Gasteiger partial charge on any atom is -0.493 e. The van der Waals surface area contributed by atoms with E-state index in [0.717, 1.165) is 5.56 Å². The summed E-state index contributed by atoms with van der Waals surface area (Å²) in [6.45, 7) is 7.85. The van der Waals surface area contributed by atoms with E-state index in [9.17, 15) is 9.59 Å². The molecule has 0 radical (unpaired) electrons. The van der Waals surface area contributed by atoms with Gasteiger partial charge in [0.05, 0.1) is 12.9 Å². The Hall–Kier alpha value is -3.53. The number of aromatic nitrogens is 3. The molecule has 2 aromatic carbocycles. The van der Waals surface area contributed by atoms with Crippen molar-refractivity contribution in [2.24, 2.45) is 0 Å². The van der Waals surface area contributed by atoms with Crippen LogP contribution >= 0.6 is 11.8 Å². The molecule has 0 bridgehead atoms. The summed E-state index contributed by atoms with van der Waals surface area (Å²) < 4.78 is 13.3. The lowest BCUT2D eigenvalue weighted by Gasteiger charge is -2.17. The molecule has 3 aromatic rings. The first kappa shape index (κ1) is 25.1. The molecule has 0 saturated heterocycles. The van der Waals surface area contributed by atoms with Gasteiger partial charge in [-0.05, 0) is 50.6 Å². The highest BCUT2D eigenvalue weighted by molar-refractivity contribution is 7.99. The number of methoxy groups -OCH3 is 1. The van der Waals surface area contributed by atoms with Crippen molar-refractivity contribution in [2.45, 2.75) is 45.5 Å². The predicted octanol–water partition coefficient (Wildman–Crippen LogP) is 4.44. The number of rotatable bonds is 10. The molecule has 3 rings (SSSR count). The van der Waals surface area contributed by atoms with Crippen molar-refractivity contribution >= 4 is 35.0 Å². The molecule has 34 heavy (non-hydrogen) atoms. The number of para-hydroxylation sites is 2. The molecule has 0 fully saturated rings. The average Bonchev–Trinajstić information content (AvgIpc) is 3.23. The van der Waals surface area contributed by atoms with Crippen LogP contribution in [-0.2, 0) is 16.1 Å². The zero-order chi connectivity index (χ0) is 24.7. The SMILES string of the molecule is CCn1c(SCC(=O)Nc2ccc(C)c(NC(C)=O)c2)nnc1C(C)Oc1ccccc1OC. The fourth-order valence-corrected chi connectivity index (χ4v) is 4.12. The van der Waals surface area contributed by atoms with Gasteiger partial charge in [-0.3, -0.25) is 9.59 Å². The number of amides is 2. The van der Waals surface area contributed by atoms with Crippen molar-refractivity contribution in [3.8, 4) is 11.5 Å². The fourth-order valence-electron chi connectivity index (χ4n) is 3.32. The number of nitrogens with one attached hydrogen (secondary N) is 2. The monoisotopic (exact) mass is 483 g/mol. The number of ether oxygens (including phenoxy) is 2. The third-order valence-electron chi connectivity index (χ3n) is 4.96. The van der Waals surface area contributed by atoms with Crippen LogP contribution in [0.4, 0.5) is 11.4 Å². The van der Waals surface area contributed by atoms with E-state index in [2.05, 4.69) is 20.8 Å². The first-order valence-electron chi connectivity index (χ1n) is 10.9. The van der Waals surface area contributed by atoms with E-state index < -0.39 is 0 Å². The van der Waals surface area contributed by atoms with Gasteiger partial charge >= 0.3 is 0 Å². The van der Waals surface area contributed by atoms with Gasteiger partial charge in [0.2, 0.25) is 11.8 Å². The smallest absolute Gasteiger partial charge is 0.234 e. The molecule has 180 valence electrons. The van der Waals surface area contributed by atoms with Crippen LogP contribution in [0.1, 0.15) is 38.3 Å². The number of hydrogen-bond donors (Lipinski definition) is 2. The molecule has 0 aliphatic carbocycles. The van der Waals surface area contributed by atoms with Crippen molar-refractivity contribution in [3.05, 3.63) is 53.9 Å². The molecule has 1 heterocycles. The number of aryl methyl sites for hydroxylation is 1. The van der Waals surface area contributed by atoms with Crippen LogP contribution in [0.3, 0.4) is 0 Å². The topological polar surface area (TPSA) is 107 Å². The Morgan fingerprint density at radius 1 is 1.12 bits per heavy atom. The summed E-state index contributed by atoms with van der Waals surface area (Å²) in [5.41, 5.74) is 2.18.